The molecule has 2 heterocycles. The van der Waals surface area contributed by atoms with Crippen LogP contribution in [0.2, 0.25) is 0 Å². The highest BCUT2D eigenvalue weighted by atomic mass is 32.1. The van der Waals surface area contributed by atoms with E-state index < -0.39 is 17.7 Å². The summed E-state index contributed by atoms with van der Waals surface area (Å²) in [6, 6.07) is 16.8. The highest BCUT2D eigenvalue weighted by molar-refractivity contribution is 7.22. The number of ketones is 1. The molecule has 40 heavy (non-hydrogen) atoms. The van der Waals surface area contributed by atoms with Gasteiger partial charge in [-0.3, -0.25) is 14.5 Å². The minimum atomic E-state index is -0.962. The number of Topliss-reactive ketones (excluding diaryl/α,β-unsaturated/α-hetero) is 1. The third kappa shape index (κ3) is 4.91. The molecule has 3 aromatic carbocycles. The molecule has 1 aromatic heterocycles. The van der Waals surface area contributed by atoms with Crippen molar-refractivity contribution in [1.29, 1.82) is 0 Å². The predicted molar refractivity (Wildman–Crippen MR) is 155 cm³/mol. The minimum Gasteiger partial charge on any atom is -0.507 e. The third-order valence-electron chi connectivity index (χ3n) is 6.50. The van der Waals surface area contributed by atoms with Gasteiger partial charge in [0.1, 0.15) is 18.1 Å². The van der Waals surface area contributed by atoms with Gasteiger partial charge in [-0.25, -0.2) is 4.98 Å². The molecule has 1 saturated heterocycles. The van der Waals surface area contributed by atoms with Gasteiger partial charge in [-0.1, -0.05) is 59.9 Å². The molecule has 1 aliphatic heterocycles. The summed E-state index contributed by atoms with van der Waals surface area (Å²) in [4.78, 5) is 33.2. The van der Waals surface area contributed by atoms with Crippen molar-refractivity contribution in [1.82, 2.24) is 4.98 Å². The number of carbonyl (C=O) groups excluding carboxylic acids is 2. The van der Waals surface area contributed by atoms with E-state index in [1.54, 1.807) is 55.7 Å². The SMILES string of the molecule is C=CCOc1ccc(C2C(=C(O)c3ccc(C)cc3)C(=O)C(=O)N2c2nc3ccc(OC)cc3s2)cc1OCC. The van der Waals surface area contributed by atoms with Crippen LogP contribution in [0.3, 0.4) is 0 Å². The van der Waals surface area contributed by atoms with E-state index in [0.717, 1.165) is 10.3 Å². The highest BCUT2D eigenvalue weighted by Gasteiger charge is 2.48. The van der Waals surface area contributed by atoms with Crippen molar-refractivity contribution in [2.75, 3.05) is 25.2 Å². The van der Waals surface area contributed by atoms with Gasteiger partial charge < -0.3 is 19.3 Å². The van der Waals surface area contributed by atoms with E-state index in [4.69, 9.17) is 14.2 Å². The lowest BCUT2D eigenvalue weighted by atomic mass is 9.95. The number of hydrogen-bond donors (Lipinski definition) is 1. The number of nitrogens with zero attached hydrogens (tertiary/aromatic N) is 2. The molecule has 204 valence electrons. The molecule has 0 radical (unpaired) electrons. The summed E-state index contributed by atoms with van der Waals surface area (Å²) < 4.78 is 17.7. The molecule has 1 aliphatic rings. The number of rotatable bonds is 9. The van der Waals surface area contributed by atoms with Crippen molar-refractivity contribution in [3.63, 3.8) is 0 Å². The van der Waals surface area contributed by atoms with Gasteiger partial charge in [0.15, 0.2) is 16.6 Å². The van der Waals surface area contributed by atoms with Gasteiger partial charge in [0.2, 0.25) is 0 Å². The van der Waals surface area contributed by atoms with Gasteiger partial charge in [0.05, 0.1) is 35.5 Å². The minimum absolute atomic E-state index is 0.0344. The van der Waals surface area contributed by atoms with E-state index in [1.807, 2.05) is 32.0 Å². The standard InChI is InChI=1S/C31H28N2O6S/c1-5-15-39-23-14-11-20(16-24(23)38-6-2)27-26(28(34)19-9-7-18(3)8-10-19)29(35)30(36)33(27)31-32-22-13-12-21(37-4)17-25(22)40-31/h5,7-14,16-17,27,34H,1,6,15H2,2-4H3. The second-order valence-corrected chi connectivity index (χ2v) is 10.1. The number of aryl methyl sites for hydroxylation is 1. The number of hydrogen-bond acceptors (Lipinski definition) is 8. The van der Waals surface area contributed by atoms with E-state index in [2.05, 4.69) is 11.6 Å². The largest absolute Gasteiger partial charge is 0.507 e. The fraction of sp³-hybridized carbons (Fsp3) is 0.194. The monoisotopic (exact) mass is 556 g/mol. The Kier molecular flexibility index (Phi) is 7.57. The zero-order valence-corrected chi connectivity index (χ0v) is 23.2. The number of carbonyl (C=O) groups is 2. The predicted octanol–water partition coefficient (Wildman–Crippen LogP) is 6.20. The Balaban J connectivity index is 1.71. The first kappa shape index (κ1) is 27.0. The number of aliphatic hydroxyl groups excluding tert-OH is 1. The molecule has 0 bridgehead atoms. The van der Waals surface area contributed by atoms with E-state index in [0.29, 0.717) is 45.6 Å². The molecular weight excluding hydrogens is 528 g/mol. The fourth-order valence-corrected chi connectivity index (χ4v) is 5.59. The molecule has 4 aromatic rings. The van der Waals surface area contributed by atoms with Crippen LogP contribution in [0.25, 0.3) is 16.0 Å². The van der Waals surface area contributed by atoms with Crippen LogP contribution >= 0.6 is 11.3 Å². The fourth-order valence-electron chi connectivity index (χ4n) is 4.57. The third-order valence-corrected chi connectivity index (χ3v) is 7.52. The number of methoxy groups -OCH3 is 1. The second kappa shape index (κ2) is 11.2. The van der Waals surface area contributed by atoms with Crippen LogP contribution in [-0.2, 0) is 9.59 Å². The van der Waals surface area contributed by atoms with Crippen LogP contribution in [0.15, 0.2) is 78.9 Å². The Bertz CT molecular complexity index is 1640. The average molecular weight is 557 g/mol. The number of benzene rings is 3. The molecule has 1 unspecified atom stereocenters. The number of aromatic nitrogens is 1. The Morgan fingerprint density at radius 2 is 1.85 bits per heavy atom. The van der Waals surface area contributed by atoms with Gasteiger partial charge in [-0.15, -0.1) is 0 Å². The molecule has 0 spiro atoms. The first-order valence-corrected chi connectivity index (χ1v) is 13.5. The molecule has 5 rings (SSSR count). The van der Waals surface area contributed by atoms with Gasteiger partial charge in [-0.2, -0.15) is 0 Å². The van der Waals surface area contributed by atoms with Crippen LogP contribution in [0.1, 0.15) is 29.7 Å². The molecular formula is C31H28N2O6S. The van der Waals surface area contributed by atoms with Crippen LogP contribution < -0.4 is 19.1 Å². The maximum absolute atomic E-state index is 13.6. The van der Waals surface area contributed by atoms with Crippen molar-refractivity contribution < 1.29 is 28.9 Å². The van der Waals surface area contributed by atoms with Crippen LogP contribution in [0, 0.1) is 6.92 Å². The Morgan fingerprint density at radius 3 is 2.55 bits per heavy atom. The summed E-state index contributed by atoms with van der Waals surface area (Å²) in [7, 11) is 1.57. The summed E-state index contributed by atoms with van der Waals surface area (Å²) in [6.45, 7) is 8.12. The van der Waals surface area contributed by atoms with Crippen molar-refractivity contribution in [2.24, 2.45) is 0 Å². The Hall–Kier alpha value is -4.63. The smallest absolute Gasteiger partial charge is 0.301 e. The quantitative estimate of drug-likeness (QED) is 0.113. The van der Waals surface area contributed by atoms with Crippen LogP contribution in [-0.4, -0.2) is 42.1 Å². The van der Waals surface area contributed by atoms with Crippen LogP contribution in [0.4, 0.5) is 5.13 Å². The molecule has 1 atom stereocenters. The number of ether oxygens (including phenoxy) is 3. The lowest BCUT2D eigenvalue weighted by molar-refractivity contribution is -0.132. The van der Waals surface area contributed by atoms with E-state index >= 15 is 0 Å². The van der Waals surface area contributed by atoms with Gasteiger partial charge in [0.25, 0.3) is 5.78 Å². The molecule has 1 N–H and O–H groups in total. The Morgan fingerprint density at radius 1 is 1.07 bits per heavy atom. The van der Waals surface area contributed by atoms with E-state index in [-0.39, 0.29) is 17.9 Å². The molecule has 0 aliphatic carbocycles. The number of anilines is 1. The maximum atomic E-state index is 13.6. The second-order valence-electron chi connectivity index (χ2n) is 9.10. The molecule has 1 fully saturated rings. The summed E-state index contributed by atoms with van der Waals surface area (Å²) in [5, 5.41) is 11.7. The number of aliphatic hydroxyl groups is 1. The first-order chi connectivity index (χ1) is 19.4. The van der Waals surface area contributed by atoms with Crippen molar-refractivity contribution in [3.05, 3.63) is 95.6 Å². The lowest BCUT2D eigenvalue weighted by Crippen LogP contribution is -2.29. The molecule has 9 heteroatoms. The molecule has 8 nitrogen and oxygen atoms in total. The summed E-state index contributed by atoms with van der Waals surface area (Å²) in [5.41, 5.74) is 2.60. The summed E-state index contributed by atoms with van der Waals surface area (Å²) in [5.74, 6) is -0.264. The summed E-state index contributed by atoms with van der Waals surface area (Å²) in [6.07, 6.45) is 1.63. The molecule has 1 amide bonds. The normalized spacial score (nSPS) is 16.4. The van der Waals surface area contributed by atoms with Gasteiger partial charge in [0, 0.05) is 5.56 Å². The Labute approximate surface area is 235 Å². The average Bonchev–Trinajstić information content (AvgIpc) is 3.49. The zero-order chi connectivity index (χ0) is 28.4. The highest BCUT2D eigenvalue weighted by Crippen LogP contribution is 2.46. The zero-order valence-electron chi connectivity index (χ0n) is 22.3. The van der Waals surface area contributed by atoms with E-state index in [1.165, 1.54) is 16.2 Å². The summed E-state index contributed by atoms with van der Waals surface area (Å²) >= 11 is 1.26. The van der Waals surface area contributed by atoms with Crippen molar-refractivity contribution >= 4 is 44.1 Å². The van der Waals surface area contributed by atoms with Crippen molar-refractivity contribution in [2.45, 2.75) is 19.9 Å². The number of thiazole rings is 1. The van der Waals surface area contributed by atoms with E-state index in [9.17, 15) is 14.7 Å². The van der Waals surface area contributed by atoms with Crippen LogP contribution in [0.5, 0.6) is 17.2 Å². The molecule has 0 saturated carbocycles. The van der Waals surface area contributed by atoms with Crippen molar-refractivity contribution in [3.8, 4) is 17.2 Å². The van der Waals surface area contributed by atoms with Gasteiger partial charge in [-0.05, 0) is 49.7 Å². The topological polar surface area (TPSA) is 98.2 Å². The lowest BCUT2D eigenvalue weighted by Gasteiger charge is -2.24. The maximum Gasteiger partial charge on any atom is 0.301 e. The van der Waals surface area contributed by atoms with Gasteiger partial charge >= 0.3 is 5.91 Å². The number of amides is 1. The number of fused-ring (bicyclic) bond motifs is 1. The first-order valence-electron chi connectivity index (χ1n) is 12.7.